The molecule has 10 heteroatoms. The van der Waals surface area contributed by atoms with Gasteiger partial charge in [0, 0.05) is 6.42 Å². The van der Waals surface area contributed by atoms with Crippen molar-refractivity contribution in [3.05, 3.63) is 51.7 Å². The van der Waals surface area contributed by atoms with Gasteiger partial charge in [0.1, 0.15) is 12.3 Å². The molecule has 0 bridgehead atoms. The van der Waals surface area contributed by atoms with Crippen LogP contribution in [0.15, 0.2) is 30.5 Å². The molecule has 1 aromatic heterocycles. The Morgan fingerprint density at radius 3 is 2.92 bits per heavy atom. The second-order valence-corrected chi connectivity index (χ2v) is 5.43. The number of carbonyl (C=O) groups is 2. The van der Waals surface area contributed by atoms with Gasteiger partial charge in [0.15, 0.2) is 6.04 Å². The second-order valence-electron chi connectivity index (χ2n) is 5.43. The normalized spacial score (nSPS) is 13.6. The van der Waals surface area contributed by atoms with Gasteiger partial charge in [0.05, 0.1) is 24.0 Å². The molecular formula is C15H14N4O6. The number of carboxylic acids is 1. The molecule has 2 heterocycles. The number of hydrogen-bond donors (Lipinski definition) is 2. The minimum absolute atomic E-state index is 0.328. The number of benzene rings is 1. The molecule has 0 aliphatic carbocycles. The molecule has 2 aromatic rings. The van der Waals surface area contributed by atoms with Crippen LogP contribution < -0.4 is 10.1 Å². The van der Waals surface area contributed by atoms with Crippen molar-refractivity contribution in [3.8, 4) is 5.75 Å². The Kier molecular flexibility index (Phi) is 4.33. The largest absolute Gasteiger partial charge is 0.493 e. The molecule has 1 atom stereocenters. The summed E-state index contributed by atoms with van der Waals surface area (Å²) in [5.74, 6) is -1.51. The minimum atomic E-state index is -1.23. The lowest BCUT2D eigenvalue weighted by atomic mass is 10.0. The lowest BCUT2D eigenvalue weighted by Gasteiger charge is -2.15. The Hall–Kier alpha value is -3.43. The third kappa shape index (κ3) is 3.57. The first-order valence-corrected chi connectivity index (χ1v) is 7.39. The molecule has 1 aliphatic rings. The first kappa shape index (κ1) is 16.4. The fourth-order valence-corrected chi connectivity index (χ4v) is 2.56. The summed E-state index contributed by atoms with van der Waals surface area (Å²) in [6.07, 6.45) is 1.96. The first-order valence-electron chi connectivity index (χ1n) is 7.39. The average molecular weight is 346 g/mol. The zero-order chi connectivity index (χ0) is 18.0. The number of nitrogens with zero attached hydrogens (tertiary/aromatic N) is 3. The number of ether oxygens (including phenoxy) is 1. The van der Waals surface area contributed by atoms with Crippen LogP contribution >= 0.6 is 0 Å². The second kappa shape index (κ2) is 6.59. The molecule has 1 unspecified atom stereocenters. The van der Waals surface area contributed by atoms with Crippen molar-refractivity contribution in [3.63, 3.8) is 0 Å². The van der Waals surface area contributed by atoms with Gasteiger partial charge < -0.3 is 25.3 Å². The van der Waals surface area contributed by atoms with E-state index in [1.54, 1.807) is 18.2 Å². The van der Waals surface area contributed by atoms with E-state index in [9.17, 15) is 24.8 Å². The van der Waals surface area contributed by atoms with Crippen molar-refractivity contribution in [1.82, 2.24) is 15.1 Å². The topological polar surface area (TPSA) is 137 Å². The van der Waals surface area contributed by atoms with E-state index in [2.05, 4.69) is 10.4 Å². The van der Waals surface area contributed by atoms with Gasteiger partial charge in [-0.05, 0) is 28.2 Å². The summed E-state index contributed by atoms with van der Waals surface area (Å²) in [4.78, 5) is 33.5. The zero-order valence-electron chi connectivity index (χ0n) is 12.9. The first-order chi connectivity index (χ1) is 11.9. The number of nitrogens with one attached hydrogen (secondary N) is 1. The summed E-state index contributed by atoms with van der Waals surface area (Å²) in [5, 5.41) is 26.0. The number of aromatic nitrogens is 2. The molecule has 0 spiro atoms. The van der Waals surface area contributed by atoms with E-state index < -0.39 is 22.8 Å². The smallest absolute Gasteiger partial charge is 0.389 e. The average Bonchev–Trinajstić information content (AvgIpc) is 3.20. The number of carboxylic acid groups (broad SMARTS) is 1. The fraction of sp³-hybridized carbons (Fsp3) is 0.267. The molecule has 2 N–H and O–H groups in total. The third-order valence-corrected chi connectivity index (χ3v) is 3.72. The van der Waals surface area contributed by atoms with Gasteiger partial charge in [-0.3, -0.25) is 4.79 Å². The van der Waals surface area contributed by atoms with E-state index in [0.29, 0.717) is 24.3 Å². The number of nitro groups is 1. The van der Waals surface area contributed by atoms with E-state index in [4.69, 9.17) is 4.74 Å². The van der Waals surface area contributed by atoms with Gasteiger partial charge in [-0.25, -0.2) is 4.79 Å². The summed E-state index contributed by atoms with van der Waals surface area (Å²) < 4.78 is 6.45. The van der Waals surface area contributed by atoms with E-state index in [1.165, 1.54) is 6.20 Å². The Balaban J connectivity index is 1.72. The molecule has 1 aliphatic heterocycles. The van der Waals surface area contributed by atoms with Crippen molar-refractivity contribution in [1.29, 1.82) is 0 Å². The van der Waals surface area contributed by atoms with Crippen molar-refractivity contribution < 1.29 is 24.4 Å². The molecule has 25 heavy (non-hydrogen) atoms. The van der Waals surface area contributed by atoms with Crippen LogP contribution in [0, 0.1) is 10.1 Å². The lowest BCUT2D eigenvalue weighted by Crippen LogP contribution is -2.36. The Labute approximate surface area is 141 Å². The summed E-state index contributed by atoms with van der Waals surface area (Å²) in [7, 11) is 0. The van der Waals surface area contributed by atoms with Crippen LogP contribution in [-0.4, -0.2) is 38.3 Å². The van der Waals surface area contributed by atoms with Crippen molar-refractivity contribution in [2.75, 3.05) is 6.61 Å². The molecule has 0 saturated carbocycles. The molecule has 0 saturated heterocycles. The highest BCUT2D eigenvalue weighted by Gasteiger charge is 2.25. The minimum Gasteiger partial charge on any atom is -0.493 e. The Bertz CT molecular complexity index is 846. The van der Waals surface area contributed by atoms with Crippen LogP contribution in [0.5, 0.6) is 5.75 Å². The van der Waals surface area contributed by atoms with Gasteiger partial charge in [-0.15, -0.1) is 0 Å². The number of carbonyl (C=O) groups excluding carboxylic acids is 1. The maximum Gasteiger partial charge on any atom is 0.389 e. The van der Waals surface area contributed by atoms with Crippen molar-refractivity contribution in [2.24, 2.45) is 0 Å². The van der Waals surface area contributed by atoms with Crippen LogP contribution in [0.1, 0.15) is 17.2 Å². The van der Waals surface area contributed by atoms with E-state index in [-0.39, 0.29) is 12.4 Å². The SMILES string of the molecule is O=C(Cn1ccc([N+](=O)[O-])n1)NC(C(=O)O)c1ccc2c(c1)CCO2. The van der Waals surface area contributed by atoms with Crippen LogP contribution in [-0.2, 0) is 22.6 Å². The van der Waals surface area contributed by atoms with Crippen LogP contribution in [0.3, 0.4) is 0 Å². The number of amides is 1. The van der Waals surface area contributed by atoms with E-state index >= 15 is 0 Å². The summed E-state index contributed by atoms with van der Waals surface area (Å²) >= 11 is 0. The monoisotopic (exact) mass is 346 g/mol. The lowest BCUT2D eigenvalue weighted by molar-refractivity contribution is -0.389. The van der Waals surface area contributed by atoms with E-state index in [0.717, 1.165) is 16.3 Å². The van der Waals surface area contributed by atoms with E-state index in [1.807, 2.05) is 0 Å². The highest BCUT2D eigenvalue weighted by Crippen LogP contribution is 2.28. The molecule has 1 amide bonds. The van der Waals surface area contributed by atoms with Gasteiger partial charge in [-0.1, -0.05) is 6.07 Å². The molecule has 0 fully saturated rings. The fourth-order valence-electron chi connectivity index (χ4n) is 2.56. The van der Waals surface area contributed by atoms with Crippen LogP contribution in [0.4, 0.5) is 5.82 Å². The quantitative estimate of drug-likeness (QED) is 0.579. The molecule has 130 valence electrons. The van der Waals surface area contributed by atoms with Gasteiger partial charge in [0.25, 0.3) is 0 Å². The maximum atomic E-state index is 12.1. The zero-order valence-corrected chi connectivity index (χ0v) is 12.9. The Morgan fingerprint density at radius 1 is 1.44 bits per heavy atom. The molecular weight excluding hydrogens is 332 g/mol. The standard InChI is InChI=1S/C15H14N4O6/c20-13(8-18-5-3-12(17-18)19(23)24)16-14(15(21)22)10-1-2-11-9(7-10)4-6-25-11/h1-3,5,7,14H,4,6,8H2,(H,16,20)(H,21,22). The maximum absolute atomic E-state index is 12.1. The van der Waals surface area contributed by atoms with Gasteiger partial charge in [0.2, 0.25) is 5.91 Å². The number of fused-ring (bicyclic) bond motifs is 1. The van der Waals surface area contributed by atoms with Gasteiger partial charge >= 0.3 is 11.8 Å². The predicted molar refractivity (Wildman–Crippen MR) is 83.0 cm³/mol. The molecule has 3 rings (SSSR count). The summed E-state index contributed by atoms with van der Waals surface area (Å²) in [6, 6.07) is 4.88. The highest BCUT2D eigenvalue weighted by atomic mass is 16.6. The molecule has 10 nitrogen and oxygen atoms in total. The summed E-state index contributed by atoms with van der Waals surface area (Å²) in [5.41, 5.74) is 1.32. The third-order valence-electron chi connectivity index (χ3n) is 3.72. The highest BCUT2D eigenvalue weighted by molar-refractivity contribution is 5.84. The van der Waals surface area contributed by atoms with Gasteiger partial charge in [-0.2, -0.15) is 4.68 Å². The number of rotatable bonds is 6. The van der Waals surface area contributed by atoms with Crippen LogP contribution in [0.2, 0.25) is 0 Å². The number of aliphatic carboxylic acids is 1. The predicted octanol–water partition coefficient (Wildman–Crippen LogP) is 0.668. The molecule has 0 radical (unpaired) electrons. The number of hydrogen-bond acceptors (Lipinski definition) is 6. The molecule has 1 aromatic carbocycles. The van der Waals surface area contributed by atoms with Crippen molar-refractivity contribution >= 4 is 17.7 Å². The summed E-state index contributed by atoms with van der Waals surface area (Å²) in [6.45, 7) is 0.215. The Morgan fingerprint density at radius 2 is 2.24 bits per heavy atom. The van der Waals surface area contributed by atoms with Crippen LogP contribution in [0.25, 0.3) is 0 Å². The van der Waals surface area contributed by atoms with Crippen molar-refractivity contribution in [2.45, 2.75) is 19.0 Å².